The van der Waals surface area contributed by atoms with Crippen LogP contribution in [0, 0.1) is 13.8 Å². The molecule has 0 saturated carbocycles. The number of carboxylic acids is 1. The van der Waals surface area contributed by atoms with Crippen molar-refractivity contribution in [3.63, 3.8) is 0 Å². The van der Waals surface area contributed by atoms with Crippen LogP contribution in [0.15, 0.2) is 24.3 Å². The largest absolute Gasteiger partial charge is 0.478 e. The summed E-state index contributed by atoms with van der Waals surface area (Å²) in [5.74, 6) is -1.01. The normalized spacial score (nSPS) is 10.6. The maximum absolute atomic E-state index is 11.2. The quantitative estimate of drug-likeness (QED) is 0.808. The summed E-state index contributed by atoms with van der Waals surface area (Å²) in [4.78, 5) is 11.2. The molecule has 0 amide bonds. The number of rotatable bonds is 3. The summed E-state index contributed by atoms with van der Waals surface area (Å²) in [6, 6.07) is 7.06. The number of nitrogens with zero attached hydrogens (tertiary/aromatic N) is 2. The van der Waals surface area contributed by atoms with Gasteiger partial charge in [0.1, 0.15) is 0 Å². The van der Waals surface area contributed by atoms with E-state index in [1.54, 1.807) is 22.9 Å². The number of aromatic carboxylic acids is 1. The molecule has 5 nitrogen and oxygen atoms in total. The SMILES string of the molecule is Cc1cc(C)n(Cc2cccc(N)c2C(=O)O)n1. The standard InChI is InChI=1S/C13H15N3O2/c1-8-6-9(2)16(15-8)7-10-4-3-5-11(14)12(10)13(17)18/h3-6H,7,14H2,1-2H3,(H,17,18). The first-order valence-electron chi connectivity index (χ1n) is 5.60. The Morgan fingerprint density at radius 1 is 1.44 bits per heavy atom. The molecule has 0 unspecified atom stereocenters. The minimum atomic E-state index is -1.01. The van der Waals surface area contributed by atoms with Crippen molar-refractivity contribution >= 4 is 11.7 Å². The third-order valence-corrected chi connectivity index (χ3v) is 2.82. The summed E-state index contributed by atoms with van der Waals surface area (Å²) < 4.78 is 1.77. The molecular formula is C13H15N3O2. The highest BCUT2D eigenvalue weighted by atomic mass is 16.4. The van der Waals surface area contributed by atoms with E-state index >= 15 is 0 Å². The number of benzene rings is 1. The first-order chi connectivity index (χ1) is 8.49. The molecule has 0 saturated heterocycles. The molecule has 0 aliphatic carbocycles. The Morgan fingerprint density at radius 3 is 2.72 bits per heavy atom. The van der Waals surface area contributed by atoms with Gasteiger partial charge >= 0.3 is 5.97 Å². The van der Waals surface area contributed by atoms with Crippen molar-refractivity contribution < 1.29 is 9.90 Å². The zero-order valence-corrected chi connectivity index (χ0v) is 10.3. The lowest BCUT2D eigenvalue weighted by Gasteiger charge is -2.10. The predicted octanol–water partition coefficient (Wildman–Crippen LogP) is 1.83. The lowest BCUT2D eigenvalue weighted by molar-refractivity contribution is 0.0696. The molecule has 0 aliphatic heterocycles. The first-order valence-corrected chi connectivity index (χ1v) is 5.60. The van der Waals surface area contributed by atoms with Gasteiger partial charge in [-0.15, -0.1) is 0 Å². The molecule has 5 heteroatoms. The van der Waals surface area contributed by atoms with E-state index in [1.807, 2.05) is 19.9 Å². The van der Waals surface area contributed by atoms with Gasteiger partial charge in [-0.05, 0) is 31.5 Å². The molecule has 1 heterocycles. The number of hydrogen-bond acceptors (Lipinski definition) is 3. The number of nitrogen functional groups attached to an aromatic ring is 1. The number of carbonyl (C=O) groups is 1. The second kappa shape index (κ2) is 4.52. The van der Waals surface area contributed by atoms with Crippen LogP contribution in [0.5, 0.6) is 0 Å². The minimum Gasteiger partial charge on any atom is -0.478 e. The number of aryl methyl sites for hydroxylation is 2. The fraction of sp³-hybridized carbons (Fsp3) is 0.231. The van der Waals surface area contributed by atoms with E-state index in [0.29, 0.717) is 12.1 Å². The van der Waals surface area contributed by atoms with Crippen LogP contribution in [0.1, 0.15) is 27.3 Å². The van der Waals surface area contributed by atoms with Gasteiger partial charge in [-0.3, -0.25) is 4.68 Å². The number of anilines is 1. The molecule has 3 N–H and O–H groups in total. The molecule has 0 spiro atoms. The number of aromatic nitrogens is 2. The molecule has 2 aromatic rings. The van der Waals surface area contributed by atoms with Crippen molar-refractivity contribution in [3.05, 3.63) is 46.8 Å². The number of hydrogen-bond donors (Lipinski definition) is 2. The van der Waals surface area contributed by atoms with Crippen LogP contribution in [0.2, 0.25) is 0 Å². The first kappa shape index (κ1) is 12.2. The third-order valence-electron chi connectivity index (χ3n) is 2.82. The number of carboxylic acid groups (broad SMARTS) is 1. The average molecular weight is 245 g/mol. The topological polar surface area (TPSA) is 81.1 Å². The highest BCUT2D eigenvalue weighted by Gasteiger charge is 2.14. The monoisotopic (exact) mass is 245 g/mol. The molecule has 0 aliphatic rings. The second-order valence-corrected chi connectivity index (χ2v) is 4.27. The summed E-state index contributed by atoms with van der Waals surface area (Å²) in [7, 11) is 0. The Hall–Kier alpha value is -2.30. The Bertz CT molecular complexity index is 602. The van der Waals surface area contributed by atoms with Crippen molar-refractivity contribution in [2.24, 2.45) is 0 Å². The maximum Gasteiger partial charge on any atom is 0.338 e. The van der Waals surface area contributed by atoms with E-state index in [1.165, 1.54) is 0 Å². The lowest BCUT2D eigenvalue weighted by atomic mass is 10.1. The van der Waals surface area contributed by atoms with Crippen LogP contribution in [0.4, 0.5) is 5.69 Å². The van der Waals surface area contributed by atoms with Gasteiger partial charge in [0.25, 0.3) is 0 Å². The zero-order chi connectivity index (χ0) is 13.3. The Labute approximate surface area is 105 Å². The van der Waals surface area contributed by atoms with E-state index < -0.39 is 5.97 Å². The lowest BCUT2D eigenvalue weighted by Crippen LogP contribution is -2.11. The van der Waals surface area contributed by atoms with Gasteiger partial charge in [-0.1, -0.05) is 12.1 Å². The molecule has 1 aromatic carbocycles. The van der Waals surface area contributed by atoms with Gasteiger partial charge in [-0.2, -0.15) is 5.10 Å². The molecule has 1 aromatic heterocycles. The van der Waals surface area contributed by atoms with Crippen LogP contribution >= 0.6 is 0 Å². The molecular weight excluding hydrogens is 230 g/mol. The fourth-order valence-electron chi connectivity index (χ4n) is 2.01. The predicted molar refractivity (Wildman–Crippen MR) is 68.6 cm³/mol. The summed E-state index contributed by atoms with van der Waals surface area (Å²) >= 11 is 0. The molecule has 94 valence electrons. The van der Waals surface area contributed by atoms with Crippen LogP contribution in [-0.4, -0.2) is 20.9 Å². The van der Waals surface area contributed by atoms with Gasteiger partial charge < -0.3 is 10.8 Å². The van der Waals surface area contributed by atoms with Crippen LogP contribution in [-0.2, 0) is 6.54 Å². The fourth-order valence-corrected chi connectivity index (χ4v) is 2.01. The molecule has 0 radical (unpaired) electrons. The summed E-state index contributed by atoms with van der Waals surface area (Å²) in [6.07, 6.45) is 0. The summed E-state index contributed by atoms with van der Waals surface area (Å²) in [5, 5.41) is 13.5. The van der Waals surface area contributed by atoms with Crippen molar-refractivity contribution in [3.8, 4) is 0 Å². The number of nitrogens with two attached hydrogens (primary N) is 1. The third kappa shape index (κ3) is 2.20. The van der Waals surface area contributed by atoms with E-state index in [-0.39, 0.29) is 11.3 Å². The summed E-state index contributed by atoms with van der Waals surface area (Å²) in [6.45, 7) is 4.25. The Morgan fingerprint density at radius 2 is 2.17 bits per heavy atom. The second-order valence-electron chi connectivity index (χ2n) is 4.27. The van der Waals surface area contributed by atoms with E-state index in [2.05, 4.69) is 5.10 Å². The smallest absolute Gasteiger partial charge is 0.338 e. The van der Waals surface area contributed by atoms with Crippen LogP contribution < -0.4 is 5.73 Å². The van der Waals surface area contributed by atoms with Gasteiger partial charge in [-0.25, -0.2) is 4.79 Å². The minimum absolute atomic E-state index is 0.157. The average Bonchev–Trinajstić information content (AvgIpc) is 2.57. The zero-order valence-electron chi connectivity index (χ0n) is 10.3. The van der Waals surface area contributed by atoms with Crippen molar-refractivity contribution in [1.29, 1.82) is 0 Å². The maximum atomic E-state index is 11.2. The highest BCUT2D eigenvalue weighted by Crippen LogP contribution is 2.18. The summed E-state index contributed by atoms with van der Waals surface area (Å²) in [5.41, 5.74) is 8.71. The Kier molecular flexibility index (Phi) is 3.06. The van der Waals surface area contributed by atoms with E-state index in [9.17, 15) is 9.90 Å². The van der Waals surface area contributed by atoms with Gasteiger partial charge in [0.2, 0.25) is 0 Å². The van der Waals surface area contributed by atoms with Crippen molar-refractivity contribution in [2.75, 3.05) is 5.73 Å². The van der Waals surface area contributed by atoms with Crippen LogP contribution in [0.3, 0.4) is 0 Å². The van der Waals surface area contributed by atoms with Gasteiger partial charge in [0.05, 0.1) is 17.8 Å². The molecule has 0 fully saturated rings. The van der Waals surface area contributed by atoms with Gasteiger partial charge in [0, 0.05) is 11.4 Å². The molecule has 18 heavy (non-hydrogen) atoms. The Balaban J connectivity index is 2.43. The van der Waals surface area contributed by atoms with E-state index in [0.717, 1.165) is 11.4 Å². The highest BCUT2D eigenvalue weighted by molar-refractivity contribution is 5.95. The van der Waals surface area contributed by atoms with Crippen LogP contribution in [0.25, 0.3) is 0 Å². The molecule has 0 bridgehead atoms. The van der Waals surface area contributed by atoms with Crippen molar-refractivity contribution in [2.45, 2.75) is 20.4 Å². The molecule has 0 atom stereocenters. The van der Waals surface area contributed by atoms with E-state index in [4.69, 9.17) is 5.73 Å². The molecule has 2 rings (SSSR count). The van der Waals surface area contributed by atoms with Gasteiger partial charge in [0.15, 0.2) is 0 Å². The van der Waals surface area contributed by atoms with Crippen molar-refractivity contribution in [1.82, 2.24) is 9.78 Å².